The van der Waals surface area contributed by atoms with E-state index in [-0.39, 0.29) is 12.3 Å². The van der Waals surface area contributed by atoms with Crippen LogP contribution in [0.4, 0.5) is 5.69 Å². The summed E-state index contributed by atoms with van der Waals surface area (Å²) in [5.41, 5.74) is 9.52. The van der Waals surface area contributed by atoms with Crippen molar-refractivity contribution in [3.8, 4) is 11.5 Å². The molecule has 0 radical (unpaired) electrons. The average Bonchev–Trinajstić information content (AvgIpc) is 2.87. The van der Waals surface area contributed by atoms with Gasteiger partial charge in [-0.05, 0) is 71.2 Å². The molecule has 4 nitrogen and oxygen atoms in total. The van der Waals surface area contributed by atoms with Crippen molar-refractivity contribution >= 4 is 5.69 Å². The van der Waals surface area contributed by atoms with E-state index in [4.69, 9.17) is 15.2 Å². The van der Waals surface area contributed by atoms with E-state index in [0.29, 0.717) is 11.6 Å². The van der Waals surface area contributed by atoms with Gasteiger partial charge in [0.2, 0.25) is 6.79 Å². The topological polar surface area (TPSA) is 47.7 Å². The second kappa shape index (κ2) is 5.09. The molecular formula is C17H26N2O2. The van der Waals surface area contributed by atoms with Gasteiger partial charge in [0.1, 0.15) is 0 Å². The van der Waals surface area contributed by atoms with Gasteiger partial charge in [-0.25, -0.2) is 0 Å². The van der Waals surface area contributed by atoms with Gasteiger partial charge in [0.05, 0.1) is 5.69 Å². The number of hydrogen-bond donors (Lipinski definition) is 1. The van der Waals surface area contributed by atoms with Crippen LogP contribution in [-0.4, -0.2) is 30.3 Å². The van der Waals surface area contributed by atoms with Gasteiger partial charge >= 0.3 is 0 Å². The largest absolute Gasteiger partial charge is 0.453 e. The maximum atomic E-state index is 6.04. The summed E-state index contributed by atoms with van der Waals surface area (Å²) >= 11 is 0. The molecule has 0 atom stereocenters. The first-order chi connectivity index (χ1) is 9.88. The highest BCUT2D eigenvalue weighted by Gasteiger charge is 2.32. The fourth-order valence-electron chi connectivity index (χ4n) is 3.59. The molecule has 2 aliphatic rings. The van der Waals surface area contributed by atoms with Crippen molar-refractivity contribution in [2.24, 2.45) is 0 Å². The quantitative estimate of drug-likeness (QED) is 0.806. The summed E-state index contributed by atoms with van der Waals surface area (Å²) in [5, 5.41) is 0. The number of rotatable bonds is 1. The van der Waals surface area contributed by atoms with Gasteiger partial charge in [0.15, 0.2) is 11.5 Å². The summed E-state index contributed by atoms with van der Waals surface area (Å²) in [4.78, 5) is 2.56. The van der Waals surface area contributed by atoms with Crippen molar-refractivity contribution in [3.05, 3.63) is 17.2 Å². The molecule has 0 aliphatic carbocycles. The van der Waals surface area contributed by atoms with Crippen LogP contribution in [0, 0.1) is 6.92 Å². The Morgan fingerprint density at radius 3 is 2.38 bits per heavy atom. The lowest BCUT2D eigenvalue weighted by Gasteiger charge is -2.41. The van der Waals surface area contributed by atoms with Crippen molar-refractivity contribution in [1.29, 1.82) is 0 Å². The minimum atomic E-state index is 0.253. The van der Waals surface area contributed by atoms with E-state index in [1.807, 2.05) is 6.07 Å². The van der Waals surface area contributed by atoms with E-state index >= 15 is 0 Å². The molecule has 21 heavy (non-hydrogen) atoms. The number of fused-ring (bicyclic) bond motifs is 1. The minimum absolute atomic E-state index is 0.253. The molecule has 2 aliphatic heterocycles. The maximum Gasteiger partial charge on any atom is 0.231 e. The van der Waals surface area contributed by atoms with Crippen LogP contribution in [0.5, 0.6) is 11.5 Å². The lowest BCUT2D eigenvalue weighted by Crippen LogP contribution is -2.45. The van der Waals surface area contributed by atoms with Gasteiger partial charge in [-0.15, -0.1) is 0 Å². The SMILES string of the molecule is Cc1cc(N)c2c(c1C1CCN(C(C)(C)C)CC1)OCO2. The molecule has 1 fully saturated rings. The van der Waals surface area contributed by atoms with Gasteiger partial charge in [-0.1, -0.05) is 0 Å². The maximum absolute atomic E-state index is 6.04. The number of hydrogen-bond acceptors (Lipinski definition) is 4. The van der Waals surface area contributed by atoms with Crippen molar-refractivity contribution in [1.82, 2.24) is 4.90 Å². The predicted octanol–water partition coefficient (Wildman–Crippen LogP) is 3.28. The number of anilines is 1. The third kappa shape index (κ3) is 2.57. The van der Waals surface area contributed by atoms with Gasteiger partial charge in [0.25, 0.3) is 0 Å². The third-order valence-electron chi connectivity index (χ3n) is 4.77. The monoisotopic (exact) mass is 290 g/mol. The van der Waals surface area contributed by atoms with Crippen molar-refractivity contribution in [2.45, 2.75) is 52.0 Å². The Bertz CT molecular complexity index is 541. The normalized spacial score (nSPS) is 20.0. The number of nitrogens with two attached hydrogens (primary N) is 1. The van der Waals surface area contributed by atoms with Crippen LogP contribution in [-0.2, 0) is 0 Å². The fourth-order valence-corrected chi connectivity index (χ4v) is 3.59. The molecule has 0 bridgehead atoms. The standard InChI is InChI=1S/C17H26N2O2/c1-11-9-13(18)15-16(21-10-20-15)14(11)12-5-7-19(8-6-12)17(2,3)4/h9,12H,5-8,10,18H2,1-4H3. The number of benzene rings is 1. The summed E-state index contributed by atoms with van der Waals surface area (Å²) < 4.78 is 11.3. The highest BCUT2D eigenvalue weighted by atomic mass is 16.7. The molecule has 0 amide bonds. The van der Waals surface area contributed by atoms with Crippen LogP contribution >= 0.6 is 0 Å². The molecule has 2 N–H and O–H groups in total. The lowest BCUT2D eigenvalue weighted by molar-refractivity contribution is 0.101. The molecule has 3 rings (SSSR count). The van der Waals surface area contributed by atoms with E-state index in [1.54, 1.807) is 0 Å². The molecule has 2 heterocycles. The fraction of sp³-hybridized carbons (Fsp3) is 0.647. The van der Waals surface area contributed by atoms with Crippen molar-refractivity contribution in [3.63, 3.8) is 0 Å². The number of nitrogens with zero attached hydrogens (tertiary/aromatic N) is 1. The van der Waals surface area contributed by atoms with Crippen LogP contribution in [0.2, 0.25) is 0 Å². The lowest BCUT2D eigenvalue weighted by atomic mass is 9.84. The van der Waals surface area contributed by atoms with E-state index in [9.17, 15) is 0 Å². The number of piperidine rings is 1. The van der Waals surface area contributed by atoms with Crippen molar-refractivity contribution < 1.29 is 9.47 Å². The van der Waals surface area contributed by atoms with Crippen LogP contribution < -0.4 is 15.2 Å². The number of ether oxygens (including phenoxy) is 2. The zero-order valence-corrected chi connectivity index (χ0v) is 13.5. The Balaban J connectivity index is 1.85. The predicted molar refractivity (Wildman–Crippen MR) is 85.0 cm³/mol. The Morgan fingerprint density at radius 1 is 1.14 bits per heavy atom. The van der Waals surface area contributed by atoms with Crippen LogP contribution in [0.15, 0.2) is 6.07 Å². The van der Waals surface area contributed by atoms with E-state index in [1.165, 1.54) is 11.1 Å². The highest BCUT2D eigenvalue weighted by molar-refractivity contribution is 5.67. The summed E-state index contributed by atoms with van der Waals surface area (Å²) in [6, 6.07) is 2.03. The smallest absolute Gasteiger partial charge is 0.231 e. The first-order valence-electron chi connectivity index (χ1n) is 7.81. The molecule has 116 valence electrons. The molecular weight excluding hydrogens is 264 g/mol. The Hall–Kier alpha value is -1.42. The summed E-state index contributed by atoms with van der Waals surface area (Å²) in [5.74, 6) is 2.18. The number of likely N-dealkylation sites (tertiary alicyclic amines) is 1. The molecule has 0 aromatic heterocycles. The Morgan fingerprint density at radius 2 is 1.76 bits per heavy atom. The van der Waals surface area contributed by atoms with Gasteiger partial charge in [-0.3, -0.25) is 4.90 Å². The van der Waals surface area contributed by atoms with E-state index in [0.717, 1.165) is 37.4 Å². The first-order valence-corrected chi connectivity index (χ1v) is 7.81. The Kier molecular flexibility index (Phi) is 3.52. The van der Waals surface area contributed by atoms with E-state index < -0.39 is 0 Å². The molecule has 1 aromatic rings. The molecule has 0 spiro atoms. The van der Waals surface area contributed by atoms with Crippen LogP contribution in [0.3, 0.4) is 0 Å². The van der Waals surface area contributed by atoms with Gasteiger partial charge < -0.3 is 15.2 Å². The molecule has 4 heteroatoms. The minimum Gasteiger partial charge on any atom is -0.453 e. The van der Waals surface area contributed by atoms with Gasteiger partial charge in [-0.2, -0.15) is 0 Å². The highest BCUT2D eigenvalue weighted by Crippen LogP contribution is 2.47. The van der Waals surface area contributed by atoms with Crippen LogP contribution in [0.1, 0.15) is 50.7 Å². The second-order valence-corrected chi connectivity index (χ2v) is 7.19. The molecule has 0 unspecified atom stereocenters. The van der Waals surface area contributed by atoms with Gasteiger partial charge in [0, 0.05) is 11.1 Å². The summed E-state index contributed by atoms with van der Waals surface area (Å²) in [6.45, 7) is 11.5. The Labute approximate surface area is 127 Å². The average molecular weight is 290 g/mol. The number of nitrogen functional groups attached to an aromatic ring is 1. The van der Waals surface area contributed by atoms with Crippen molar-refractivity contribution in [2.75, 3.05) is 25.6 Å². The summed E-state index contributed by atoms with van der Waals surface area (Å²) in [6.07, 6.45) is 2.33. The second-order valence-electron chi connectivity index (χ2n) is 7.19. The van der Waals surface area contributed by atoms with E-state index in [2.05, 4.69) is 32.6 Å². The molecule has 1 aromatic carbocycles. The van der Waals surface area contributed by atoms with Crippen LogP contribution in [0.25, 0.3) is 0 Å². The summed E-state index contributed by atoms with van der Waals surface area (Å²) in [7, 11) is 0. The zero-order chi connectivity index (χ0) is 15.2. The zero-order valence-electron chi connectivity index (χ0n) is 13.5. The number of aryl methyl sites for hydroxylation is 1. The first kappa shape index (κ1) is 14.5. The third-order valence-corrected chi connectivity index (χ3v) is 4.77. The molecule has 0 saturated carbocycles. The molecule has 1 saturated heterocycles.